The first-order valence-corrected chi connectivity index (χ1v) is 8.21. The maximum absolute atomic E-state index is 14.2. The number of hydrogen-bond acceptors (Lipinski definition) is 4. The smallest absolute Gasteiger partial charge is 0.280 e. The highest BCUT2D eigenvalue weighted by molar-refractivity contribution is 9.10. The van der Waals surface area contributed by atoms with E-state index in [1.54, 1.807) is 25.4 Å². The van der Waals surface area contributed by atoms with Crippen LogP contribution in [0.1, 0.15) is 24.3 Å². The van der Waals surface area contributed by atoms with Gasteiger partial charge in [-0.3, -0.25) is 4.79 Å². The van der Waals surface area contributed by atoms with Gasteiger partial charge in [0.15, 0.2) is 0 Å². The molecule has 2 heterocycles. The summed E-state index contributed by atoms with van der Waals surface area (Å²) in [4.78, 5) is 13.7. The van der Waals surface area contributed by atoms with E-state index in [9.17, 15) is 9.18 Å². The molecule has 1 fully saturated rings. The number of aromatic amines is 1. The average molecular weight is 382 g/mol. The van der Waals surface area contributed by atoms with E-state index in [1.165, 1.54) is 6.07 Å². The Labute approximate surface area is 141 Å². The molecule has 0 amide bonds. The van der Waals surface area contributed by atoms with Crippen LogP contribution in [0.15, 0.2) is 33.7 Å². The summed E-state index contributed by atoms with van der Waals surface area (Å²) in [6.07, 6.45) is 3.21. The largest absolute Gasteiger partial charge is 0.496 e. The van der Waals surface area contributed by atoms with E-state index in [2.05, 4.69) is 31.0 Å². The van der Waals surface area contributed by atoms with Gasteiger partial charge in [-0.2, -0.15) is 5.10 Å². The number of piperidine rings is 1. The van der Waals surface area contributed by atoms with Crippen LogP contribution in [-0.4, -0.2) is 30.4 Å². The van der Waals surface area contributed by atoms with E-state index in [1.807, 2.05) is 0 Å². The monoisotopic (exact) mass is 381 g/mol. The van der Waals surface area contributed by atoms with Crippen LogP contribution in [-0.2, 0) is 0 Å². The number of halogens is 2. The second kappa shape index (κ2) is 6.70. The zero-order chi connectivity index (χ0) is 16.4. The van der Waals surface area contributed by atoms with E-state index in [-0.39, 0.29) is 17.3 Å². The third-order valence-corrected chi connectivity index (χ3v) is 5.02. The molecule has 122 valence electrons. The van der Waals surface area contributed by atoms with E-state index >= 15 is 0 Å². The van der Waals surface area contributed by atoms with Crippen molar-refractivity contribution in [1.29, 1.82) is 0 Å². The standard InChI is InChI=1S/C16H17BrFN3O2/c1-23-13-4-2-3-11(18)14(13)10-5-7-21(8-6-10)12-9-19-20-16(22)15(12)17/h2-4,9-10H,5-8H2,1H3,(H,20,22). The van der Waals surface area contributed by atoms with Crippen molar-refractivity contribution in [2.75, 3.05) is 25.1 Å². The molecule has 1 N–H and O–H groups in total. The van der Waals surface area contributed by atoms with Crippen molar-refractivity contribution in [3.63, 3.8) is 0 Å². The fourth-order valence-electron chi connectivity index (χ4n) is 3.10. The van der Waals surface area contributed by atoms with Crippen molar-refractivity contribution < 1.29 is 9.13 Å². The molecule has 2 aromatic rings. The third-order valence-electron chi connectivity index (χ3n) is 4.25. The molecule has 1 aromatic heterocycles. The molecule has 0 bridgehead atoms. The van der Waals surface area contributed by atoms with E-state index in [0.29, 0.717) is 15.8 Å². The first-order chi connectivity index (χ1) is 11.1. The van der Waals surface area contributed by atoms with Crippen LogP contribution < -0.4 is 15.2 Å². The number of benzene rings is 1. The Morgan fingerprint density at radius 3 is 2.83 bits per heavy atom. The topological polar surface area (TPSA) is 58.2 Å². The molecule has 0 radical (unpaired) electrons. The molecule has 1 saturated heterocycles. The van der Waals surface area contributed by atoms with Crippen LogP contribution in [0.3, 0.4) is 0 Å². The molecule has 23 heavy (non-hydrogen) atoms. The van der Waals surface area contributed by atoms with Gasteiger partial charge < -0.3 is 9.64 Å². The number of anilines is 1. The molecule has 0 spiro atoms. The van der Waals surface area contributed by atoms with Gasteiger partial charge in [0.1, 0.15) is 16.0 Å². The number of aromatic nitrogens is 2. The predicted octanol–water partition coefficient (Wildman–Crippen LogP) is 3.06. The summed E-state index contributed by atoms with van der Waals surface area (Å²) in [5.41, 5.74) is 1.17. The lowest BCUT2D eigenvalue weighted by atomic mass is 9.88. The lowest BCUT2D eigenvalue weighted by Crippen LogP contribution is -2.34. The van der Waals surface area contributed by atoms with Gasteiger partial charge in [0.05, 0.1) is 19.0 Å². The number of H-pyrrole nitrogens is 1. The van der Waals surface area contributed by atoms with Crippen LogP contribution in [0.2, 0.25) is 0 Å². The van der Waals surface area contributed by atoms with Gasteiger partial charge >= 0.3 is 0 Å². The highest BCUT2D eigenvalue weighted by Crippen LogP contribution is 2.37. The molecule has 0 saturated carbocycles. The van der Waals surface area contributed by atoms with Gasteiger partial charge in [0, 0.05) is 18.7 Å². The summed E-state index contributed by atoms with van der Waals surface area (Å²) in [6.45, 7) is 1.46. The Balaban J connectivity index is 1.79. The van der Waals surface area contributed by atoms with Crippen molar-refractivity contribution in [1.82, 2.24) is 10.2 Å². The molecule has 1 aliphatic rings. The Hall–Kier alpha value is -1.89. The highest BCUT2D eigenvalue weighted by atomic mass is 79.9. The molecule has 7 heteroatoms. The fraction of sp³-hybridized carbons (Fsp3) is 0.375. The van der Waals surface area contributed by atoms with E-state index in [0.717, 1.165) is 31.6 Å². The van der Waals surface area contributed by atoms with E-state index < -0.39 is 0 Å². The molecule has 0 unspecified atom stereocenters. The number of hydrogen-bond donors (Lipinski definition) is 1. The fourth-order valence-corrected chi connectivity index (χ4v) is 3.54. The SMILES string of the molecule is COc1cccc(F)c1C1CCN(c2cn[nH]c(=O)c2Br)CC1. The van der Waals surface area contributed by atoms with Gasteiger partial charge in [-0.1, -0.05) is 6.07 Å². The Kier molecular flexibility index (Phi) is 4.66. The molecule has 0 atom stereocenters. The summed E-state index contributed by atoms with van der Waals surface area (Å²) in [6, 6.07) is 4.93. The minimum Gasteiger partial charge on any atom is -0.496 e. The first-order valence-electron chi connectivity index (χ1n) is 7.42. The molecule has 5 nitrogen and oxygen atoms in total. The molecule has 0 aliphatic carbocycles. The third kappa shape index (κ3) is 3.10. The normalized spacial score (nSPS) is 15.7. The minimum absolute atomic E-state index is 0.108. The summed E-state index contributed by atoms with van der Waals surface area (Å²) < 4.78 is 20.0. The molecular formula is C16H17BrFN3O2. The zero-order valence-corrected chi connectivity index (χ0v) is 14.3. The summed E-state index contributed by atoms with van der Waals surface area (Å²) in [5.74, 6) is 0.486. The first kappa shape index (κ1) is 16.0. The van der Waals surface area contributed by atoms with Crippen molar-refractivity contribution in [2.45, 2.75) is 18.8 Å². The second-order valence-corrected chi connectivity index (χ2v) is 6.31. The van der Waals surface area contributed by atoms with Gasteiger partial charge in [-0.05, 0) is 46.8 Å². The van der Waals surface area contributed by atoms with Crippen LogP contribution in [0.5, 0.6) is 5.75 Å². The van der Waals surface area contributed by atoms with Gasteiger partial charge in [0.2, 0.25) is 0 Å². The van der Waals surface area contributed by atoms with Crippen LogP contribution >= 0.6 is 15.9 Å². The van der Waals surface area contributed by atoms with Crippen LogP contribution in [0.25, 0.3) is 0 Å². The molecule has 1 aliphatic heterocycles. The zero-order valence-electron chi connectivity index (χ0n) is 12.7. The predicted molar refractivity (Wildman–Crippen MR) is 89.7 cm³/mol. The van der Waals surface area contributed by atoms with Gasteiger partial charge in [0.25, 0.3) is 5.56 Å². The summed E-state index contributed by atoms with van der Waals surface area (Å²) in [5, 5.41) is 6.24. The van der Waals surface area contributed by atoms with Crippen LogP contribution in [0.4, 0.5) is 10.1 Å². The van der Waals surface area contributed by atoms with Crippen molar-refractivity contribution >= 4 is 21.6 Å². The Morgan fingerprint density at radius 1 is 1.39 bits per heavy atom. The van der Waals surface area contributed by atoms with Crippen molar-refractivity contribution in [3.8, 4) is 5.75 Å². The maximum atomic E-state index is 14.2. The number of rotatable bonds is 3. The second-order valence-electron chi connectivity index (χ2n) is 5.52. The Bertz CT molecular complexity index is 757. The lowest BCUT2D eigenvalue weighted by molar-refractivity contribution is 0.388. The lowest BCUT2D eigenvalue weighted by Gasteiger charge is -2.34. The molecule has 3 rings (SSSR count). The number of nitrogens with zero attached hydrogens (tertiary/aromatic N) is 2. The summed E-state index contributed by atoms with van der Waals surface area (Å²) in [7, 11) is 1.56. The number of ether oxygens (including phenoxy) is 1. The summed E-state index contributed by atoms with van der Waals surface area (Å²) >= 11 is 3.30. The Morgan fingerprint density at radius 2 is 2.13 bits per heavy atom. The number of nitrogens with one attached hydrogen (secondary N) is 1. The maximum Gasteiger partial charge on any atom is 0.280 e. The van der Waals surface area contributed by atoms with Gasteiger partial charge in [-0.15, -0.1) is 0 Å². The molecule has 1 aromatic carbocycles. The highest BCUT2D eigenvalue weighted by Gasteiger charge is 2.27. The van der Waals surface area contributed by atoms with Gasteiger partial charge in [-0.25, -0.2) is 9.49 Å². The molecular weight excluding hydrogens is 365 g/mol. The quantitative estimate of drug-likeness (QED) is 0.887. The number of methoxy groups -OCH3 is 1. The van der Waals surface area contributed by atoms with Crippen LogP contribution in [0, 0.1) is 5.82 Å². The van der Waals surface area contributed by atoms with E-state index in [4.69, 9.17) is 4.74 Å². The van der Waals surface area contributed by atoms with Crippen molar-refractivity contribution in [3.05, 3.63) is 50.6 Å². The van der Waals surface area contributed by atoms with Crippen molar-refractivity contribution in [2.24, 2.45) is 0 Å². The minimum atomic E-state index is -0.250. The average Bonchev–Trinajstić information content (AvgIpc) is 2.57.